The molecular weight excluding hydrogens is 370 g/mol. The average molecular weight is 395 g/mol. The molecule has 0 aliphatic carbocycles. The van der Waals surface area contributed by atoms with Gasteiger partial charge in [-0.15, -0.1) is 0 Å². The van der Waals surface area contributed by atoms with Crippen molar-refractivity contribution < 1.29 is 19.1 Å². The Hall–Kier alpha value is -3.35. The first kappa shape index (κ1) is 20.4. The lowest BCUT2D eigenvalue weighted by Crippen LogP contribution is -2.37. The SMILES string of the molecule is CCN(C)C(=O)c1cccc(C(=O)NC2CC(=O)N(c3cccc(OC)c3)C2)c1. The molecule has 2 aromatic carbocycles. The molecule has 1 aliphatic rings. The number of hydrogen-bond donors (Lipinski definition) is 1. The minimum Gasteiger partial charge on any atom is -0.497 e. The number of amides is 3. The number of nitrogens with one attached hydrogen (secondary N) is 1. The van der Waals surface area contributed by atoms with Crippen LogP contribution >= 0.6 is 0 Å². The van der Waals surface area contributed by atoms with Gasteiger partial charge in [0.1, 0.15) is 5.75 Å². The lowest BCUT2D eigenvalue weighted by atomic mass is 10.1. The van der Waals surface area contributed by atoms with Crippen molar-refractivity contribution in [3.63, 3.8) is 0 Å². The van der Waals surface area contributed by atoms with E-state index < -0.39 is 0 Å². The molecule has 0 radical (unpaired) electrons. The molecule has 2 aromatic rings. The highest BCUT2D eigenvalue weighted by Gasteiger charge is 2.32. The molecule has 152 valence electrons. The van der Waals surface area contributed by atoms with Crippen LogP contribution in [0.3, 0.4) is 0 Å². The quantitative estimate of drug-likeness (QED) is 0.814. The first-order valence-corrected chi connectivity index (χ1v) is 9.53. The van der Waals surface area contributed by atoms with Gasteiger partial charge in [0.2, 0.25) is 5.91 Å². The zero-order chi connectivity index (χ0) is 21.0. The van der Waals surface area contributed by atoms with Crippen molar-refractivity contribution in [1.29, 1.82) is 0 Å². The zero-order valence-electron chi connectivity index (χ0n) is 16.8. The Morgan fingerprint density at radius 1 is 1.17 bits per heavy atom. The molecule has 1 aliphatic heterocycles. The van der Waals surface area contributed by atoms with Crippen molar-refractivity contribution in [1.82, 2.24) is 10.2 Å². The number of ether oxygens (including phenoxy) is 1. The van der Waals surface area contributed by atoms with Gasteiger partial charge in [0.15, 0.2) is 0 Å². The van der Waals surface area contributed by atoms with Crippen molar-refractivity contribution in [2.75, 3.05) is 32.1 Å². The summed E-state index contributed by atoms with van der Waals surface area (Å²) in [6.45, 7) is 2.86. The van der Waals surface area contributed by atoms with Crippen LogP contribution in [0.4, 0.5) is 5.69 Å². The Bertz CT molecular complexity index is 928. The molecule has 7 nitrogen and oxygen atoms in total. The molecule has 0 saturated carbocycles. The summed E-state index contributed by atoms with van der Waals surface area (Å²) in [6.07, 6.45) is 0.222. The second-order valence-electron chi connectivity index (χ2n) is 6.98. The van der Waals surface area contributed by atoms with Gasteiger partial charge in [0, 0.05) is 49.4 Å². The summed E-state index contributed by atoms with van der Waals surface area (Å²) >= 11 is 0. The first-order chi connectivity index (χ1) is 13.9. The highest BCUT2D eigenvalue weighted by Crippen LogP contribution is 2.25. The Morgan fingerprint density at radius 2 is 1.90 bits per heavy atom. The molecule has 1 heterocycles. The Balaban J connectivity index is 1.69. The number of anilines is 1. The van der Waals surface area contributed by atoms with E-state index in [0.717, 1.165) is 5.69 Å². The predicted molar refractivity (Wildman–Crippen MR) is 110 cm³/mol. The van der Waals surface area contributed by atoms with E-state index in [1.807, 2.05) is 25.1 Å². The molecule has 1 saturated heterocycles. The zero-order valence-corrected chi connectivity index (χ0v) is 16.8. The van der Waals surface area contributed by atoms with Crippen LogP contribution in [0.5, 0.6) is 5.75 Å². The van der Waals surface area contributed by atoms with Crippen LogP contribution in [-0.4, -0.2) is 55.9 Å². The molecule has 3 rings (SSSR count). The maximum absolute atomic E-state index is 12.7. The van der Waals surface area contributed by atoms with E-state index in [0.29, 0.717) is 30.0 Å². The van der Waals surface area contributed by atoms with Gasteiger partial charge in [-0.05, 0) is 37.3 Å². The van der Waals surface area contributed by atoms with Gasteiger partial charge in [0.05, 0.1) is 13.2 Å². The summed E-state index contributed by atoms with van der Waals surface area (Å²) in [4.78, 5) is 40.7. The minimum absolute atomic E-state index is 0.0583. The minimum atomic E-state index is -0.307. The lowest BCUT2D eigenvalue weighted by molar-refractivity contribution is -0.117. The molecular formula is C22H25N3O4. The summed E-state index contributed by atoms with van der Waals surface area (Å²) in [5.74, 6) is 0.171. The van der Waals surface area contributed by atoms with Crippen LogP contribution in [0, 0.1) is 0 Å². The van der Waals surface area contributed by atoms with Crippen molar-refractivity contribution >= 4 is 23.4 Å². The Labute approximate surface area is 170 Å². The Morgan fingerprint density at radius 3 is 2.62 bits per heavy atom. The molecule has 29 heavy (non-hydrogen) atoms. The number of benzene rings is 2. The highest BCUT2D eigenvalue weighted by atomic mass is 16.5. The molecule has 1 fully saturated rings. The molecule has 0 bridgehead atoms. The molecule has 7 heteroatoms. The van der Waals surface area contributed by atoms with Gasteiger partial charge in [-0.25, -0.2) is 0 Å². The lowest BCUT2D eigenvalue weighted by Gasteiger charge is -2.18. The topological polar surface area (TPSA) is 79.0 Å². The van der Waals surface area contributed by atoms with Crippen molar-refractivity contribution in [2.45, 2.75) is 19.4 Å². The van der Waals surface area contributed by atoms with Crippen molar-refractivity contribution in [3.05, 3.63) is 59.7 Å². The molecule has 1 unspecified atom stereocenters. The fourth-order valence-corrected chi connectivity index (χ4v) is 3.26. The summed E-state index contributed by atoms with van der Waals surface area (Å²) in [7, 11) is 3.29. The van der Waals surface area contributed by atoms with E-state index in [4.69, 9.17) is 4.74 Å². The normalized spacial score (nSPS) is 15.9. The maximum atomic E-state index is 12.7. The van der Waals surface area contributed by atoms with Gasteiger partial charge < -0.3 is 19.9 Å². The third kappa shape index (κ3) is 4.56. The van der Waals surface area contributed by atoms with Crippen LogP contribution in [-0.2, 0) is 4.79 Å². The van der Waals surface area contributed by atoms with E-state index in [1.54, 1.807) is 54.3 Å². The monoisotopic (exact) mass is 395 g/mol. The summed E-state index contributed by atoms with van der Waals surface area (Å²) < 4.78 is 5.22. The largest absolute Gasteiger partial charge is 0.497 e. The van der Waals surface area contributed by atoms with Crippen LogP contribution in [0.1, 0.15) is 34.1 Å². The number of nitrogens with zero attached hydrogens (tertiary/aromatic N) is 2. The van der Waals surface area contributed by atoms with Gasteiger partial charge in [0.25, 0.3) is 11.8 Å². The molecule has 3 amide bonds. The van der Waals surface area contributed by atoms with E-state index in [9.17, 15) is 14.4 Å². The number of rotatable bonds is 6. The van der Waals surface area contributed by atoms with Crippen molar-refractivity contribution in [2.24, 2.45) is 0 Å². The summed E-state index contributed by atoms with van der Waals surface area (Å²) in [5.41, 5.74) is 1.59. The third-order valence-electron chi connectivity index (χ3n) is 5.02. The Kier molecular flexibility index (Phi) is 6.16. The summed E-state index contributed by atoms with van der Waals surface area (Å²) in [5, 5.41) is 2.91. The average Bonchev–Trinajstić information content (AvgIpc) is 3.12. The van der Waals surface area contributed by atoms with Crippen LogP contribution < -0.4 is 15.0 Å². The van der Waals surface area contributed by atoms with E-state index in [-0.39, 0.29) is 30.2 Å². The van der Waals surface area contributed by atoms with Gasteiger partial charge in [-0.1, -0.05) is 12.1 Å². The highest BCUT2D eigenvalue weighted by molar-refractivity contribution is 6.01. The number of carbonyl (C=O) groups excluding carboxylic acids is 3. The van der Waals surface area contributed by atoms with Gasteiger partial charge in [-0.3, -0.25) is 14.4 Å². The van der Waals surface area contributed by atoms with Crippen molar-refractivity contribution in [3.8, 4) is 5.75 Å². The third-order valence-corrected chi connectivity index (χ3v) is 5.02. The maximum Gasteiger partial charge on any atom is 0.253 e. The second-order valence-corrected chi connectivity index (χ2v) is 6.98. The van der Waals surface area contributed by atoms with E-state index in [2.05, 4.69) is 5.32 Å². The number of methoxy groups -OCH3 is 1. The molecule has 0 spiro atoms. The van der Waals surface area contributed by atoms with E-state index in [1.165, 1.54) is 0 Å². The van der Waals surface area contributed by atoms with Crippen LogP contribution in [0.2, 0.25) is 0 Å². The molecule has 0 aromatic heterocycles. The smallest absolute Gasteiger partial charge is 0.253 e. The van der Waals surface area contributed by atoms with Gasteiger partial charge >= 0.3 is 0 Å². The first-order valence-electron chi connectivity index (χ1n) is 9.53. The van der Waals surface area contributed by atoms with E-state index >= 15 is 0 Å². The second kappa shape index (κ2) is 8.77. The predicted octanol–water partition coefficient (Wildman–Crippen LogP) is 2.32. The molecule has 1 N–H and O–H groups in total. The van der Waals surface area contributed by atoms with Gasteiger partial charge in [-0.2, -0.15) is 0 Å². The number of hydrogen-bond acceptors (Lipinski definition) is 4. The van der Waals surface area contributed by atoms with Crippen LogP contribution in [0.25, 0.3) is 0 Å². The fraction of sp³-hybridized carbons (Fsp3) is 0.318. The standard InChI is InChI=1S/C22H25N3O4/c1-4-24(2)22(28)16-8-5-7-15(11-16)21(27)23-17-12-20(26)25(14-17)18-9-6-10-19(13-18)29-3/h5-11,13,17H,4,12,14H2,1-3H3,(H,23,27). The molecule has 1 atom stereocenters. The fourth-order valence-electron chi connectivity index (χ4n) is 3.26. The van der Waals surface area contributed by atoms with Crippen LogP contribution in [0.15, 0.2) is 48.5 Å². The summed E-state index contributed by atoms with van der Waals surface area (Å²) in [6, 6.07) is 13.6. The number of carbonyl (C=O) groups is 3.